The summed E-state index contributed by atoms with van der Waals surface area (Å²) in [6.45, 7) is 6.49. The highest BCUT2D eigenvalue weighted by Crippen LogP contribution is 2.38. The summed E-state index contributed by atoms with van der Waals surface area (Å²) < 4.78 is 11.0. The van der Waals surface area contributed by atoms with Gasteiger partial charge in [0, 0.05) is 45.6 Å². The molecular weight excluding hydrogens is 564 g/mol. The van der Waals surface area contributed by atoms with Gasteiger partial charge in [-0.25, -0.2) is 9.97 Å². The van der Waals surface area contributed by atoms with E-state index in [0.29, 0.717) is 0 Å². The monoisotopic (exact) mass is 594 g/mol. The van der Waals surface area contributed by atoms with Crippen molar-refractivity contribution in [3.05, 3.63) is 144 Å². The summed E-state index contributed by atoms with van der Waals surface area (Å²) in [6.07, 6.45) is 4.01. The second kappa shape index (κ2) is 10.0. The minimum Gasteiger partial charge on any atom is -0.457 e. The molecule has 9 rings (SSSR count). The van der Waals surface area contributed by atoms with E-state index in [4.69, 9.17) is 9.72 Å². The summed E-state index contributed by atoms with van der Waals surface area (Å²) in [4.78, 5) is 9.94. The summed E-state index contributed by atoms with van der Waals surface area (Å²) in [5, 5.41) is 5.72. The number of fused-ring (bicyclic) bond motifs is 9. The topological polar surface area (TPSA) is 44.4 Å². The second-order valence-corrected chi connectivity index (χ2v) is 12.1. The fraction of sp³-hybridized carbons (Fsp3) is 0.0732. The molecule has 4 heterocycles. The number of rotatable bonds is 4. The molecule has 9 aromatic rings. The third kappa shape index (κ3) is 4.02. The Morgan fingerprint density at radius 3 is 1.98 bits per heavy atom. The van der Waals surface area contributed by atoms with Crippen LogP contribution in [0.4, 0.5) is 0 Å². The normalized spacial score (nSPS) is 11.8. The summed E-state index contributed by atoms with van der Waals surface area (Å²) in [7, 11) is 0. The van der Waals surface area contributed by atoms with Crippen molar-refractivity contribution in [2.75, 3.05) is 0 Å². The Bertz CT molecular complexity index is 2620. The zero-order chi connectivity index (χ0) is 30.9. The molecule has 5 nitrogen and oxygen atoms in total. The number of pyridine rings is 2. The largest absolute Gasteiger partial charge is 0.457 e. The smallest absolute Gasteiger partial charge is 0.146 e. The predicted molar refractivity (Wildman–Crippen MR) is 189 cm³/mol. The van der Waals surface area contributed by atoms with Gasteiger partial charge in [-0.2, -0.15) is 0 Å². The molecule has 220 valence electrons. The molecule has 0 N–H and O–H groups in total. The lowest BCUT2D eigenvalue weighted by atomic mass is 9.98. The Morgan fingerprint density at radius 1 is 0.565 bits per heavy atom. The molecule has 4 aromatic heterocycles. The highest BCUT2D eigenvalue weighted by Gasteiger charge is 2.17. The summed E-state index contributed by atoms with van der Waals surface area (Å²) in [6, 6.07) is 40.1. The molecule has 0 saturated heterocycles. The van der Waals surface area contributed by atoms with Crippen LogP contribution in [0.3, 0.4) is 0 Å². The predicted octanol–water partition coefficient (Wildman–Crippen LogP) is 10.5. The van der Waals surface area contributed by atoms with Crippen LogP contribution >= 0.6 is 0 Å². The molecule has 0 bridgehead atoms. The maximum Gasteiger partial charge on any atom is 0.146 e. The van der Waals surface area contributed by atoms with Gasteiger partial charge < -0.3 is 4.74 Å². The van der Waals surface area contributed by atoms with Crippen LogP contribution in [0.2, 0.25) is 0 Å². The molecule has 0 aliphatic heterocycles. The van der Waals surface area contributed by atoms with Crippen molar-refractivity contribution in [1.29, 1.82) is 0 Å². The Kier molecular flexibility index (Phi) is 5.78. The van der Waals surface area contributed by atoms with E-state index in [1.165, 1.54) is 33.0 Å². The molecule has 5 aromatic carbocycles. The van der Waals surface area contributed by atoms with E-state index in [1.54, 1.807) is 0 Å². The van der Waals surface area contributed by atoms with Crippen LogP contribution in [0.25, 0.3) is 66.2 Å². The number of benzene rings is 5. The van der Waals surface area contributed by atoms with Crippen molar-refractivity contribution >= 4 is 49.1 Å². The van der Waals surface area contributed by atoms with Crippen LogP contribution in [-0.4, -0.2) is 18.9 Å². The van der Waals surface area contributed by atoms with Gasteiger partial charge in [-0.3, -0.25) is 8.97 Å². The first-order valence-corrected chi connectivity index (χ1v) is 15.6. The summed E-state index contributed by atoms with van der Waals surface area (Å²) in [5.74, 6) is 2.40. The highest BCUT2D eigenvalue weighted by atomic mass is 16.5. The zero-order valence-electron chi connectivity index (χ0n) is 25.8. The van der Waals surface area contributed by atoms with E-state index < -0.39 is 0 Å². The third-order valence-corrected chi connectivity index (χ3v) is 9.08. The molecular formula is C41H30N4O. The van der Waals surface area contributed by atoms with Crippen molar-refractivity contribution < 1.29 is 4.74 Å². The minimum absolute atomic E-state index is 0.761. The van der Waals surface area contributed by atoms with E-state index >= 15 is 0 Å². The lowest BCUT2D eigenvalue weighted by Crippen LogP contribution is -1.96. The third-order valence-electron chi connectivity index (χ3n) is 9.08. The number of ether oxygens (including phenoxy) is 1. The average Bonchev–Trinajstić information content (AvgIpc) is 3.65. The van der Waals surface area contributed by atoms with Crippen molar-refractivity contribution in [3.63, 3.8) is 0 Å². The first-order chi connectivity index (χ1) is 22.5. The molecule has 0 unspecified atom stereocenters. The van der Waals surface area contributed by atoms with E-state index in [1.807, 2.05) is 30.5 Å². The van der Waals surface area contributed by atoms with Crippen molar-refractivity contribution in [3.8, 4) is 28.6 Å². The van der Waals surface area contributed by atoms with E-state index in [0.717, 1.165) is 61.4 Å². The van der Waals surface area contributed by atoms with Gasteiger partial charge in [0.2, 0.25) is 0 Å². The van der Waals surface area contributed by atoms with Crippen LogP contribution in [-0.2, 0) is 0 Å². The molecule has 0 saturated carbocycles. The van der Waals surface area contributed by atoms with Gasteiger partial charge in [0.25, 0.3) is 0 Å². The van der Waals surface area contributed by atoms with E-state index in [9.17, 15) is 0 Å². The van der Waals surface area contributed by atoms with Crippen LogP contribution in [0.5, 0.6) is 11.5 Å². The molecule has 0 radical (unpaired) electrons. The Labute approximate surface area is 266 Å². The maximum absolute atomic E-state index is 6.61. The standard InChI is InChI=1S/C41H30N4O/c1-25-20-26(2)40(27(3)21-25)35-24-44-36-12-6-4-10-31(36)30-17-15-28(22-34(30)41(44)43-35)46-29-16-18-33-32-11-5-7-13-37(32)45(38(33)23-29)39-14-8-9-19-42-39/h4-24H,1-3H3. The van der Waals surface area contributed by atoms with Crippen LogP contribution in [0.1, 0.15) is 16.7 Å². The number of aryl methyl sites for hydroxylation is 3. The molecule has 0 aliphatic carbocycles. The SMILES string of the molecule is Cc1cc(C)c(-c2cn3c4ccccc4c4ccc(Oc5ccc6c7ccccc7n(-c7ccccn7)c6c5)cc4c3n2)c(C)c1. The molecule has 0 spiro atoms. The molecule has 46 heavy (non-hydrogen) atoms. The first kappa shape index (κ1) is 26.5. The number of hydrogen-bond acceptors (Lipinski definition) is 3. The van der Waals surface area contributed by atoms with Gasteiger partial charge in [0.05, 0.1) is 22.2 Å². The highest BCUT2D eigenvalue weighted by molar-refractivity contribution is 6.12. The summed E-state index contributed by atoms with van der Waals surface area (Å²) >= 11 is 0. The zero-order valence-corrected chi connectivity index (χ0v) is 25.8. The number of imidazole rings is 1. The second-order valence-electron chi connectivity index (χ2n) is 12.1. The number of aromatic nitrogens is 4. The molecule has 0 aliphatic rings. The van der Waals surface area contributed by atoms with Crippen LogP contribution in [0.15, 0.2) is 128 Å². The number of para-hydroxylation sites is 2. The van der Waals surface area contributed by atoms with Gasteiger partial charge in [-0.15, -0.1) is 0 Å². The van der Waals surface area contributed by atoms with Crippen molar-refractivity contribution in [2.24, 2.45) is 0 Å². The quantitative estimate of drug-likeness (QED) is 0.190. The average molecular weight is 595 g/mol. The Morgan fingerprint density at radius 2 is 1.22 bits per heavy atom. The van der Waals surface area contributed by atoms with Gasteiger partial charge in [-0.05, 0) is 91.9 Å². The number of nitrogens with zero attached hydrogens (tertiary/aromatic N) is 4. The summed E-state index contributed by atoms with van der Waals surface area (Å²) in [5.41, 5.74) is 10.1. The van der Waals surface area contributed by atoms with Crippen molar-refractivity contribution in [2.45, 2.75) is 20.8 Å². The minimum atomic E-state index is 0.761. The van der Waals surface area contributed by atoms with E-state index in [-0.39, 0.29) is 0 Å². The number of hydrogen-bond donors (Lipinski definition) is 0. The lowest BCUT2D eigenvalue weighted by molar-refractivity contribution is 0.484. The fourth-order valence-electron chi connectivity index (χ4n) is 7.26. The lowest BCUT2D eigenvalue weighted by Gasteiger charge is -2.11. The van der Waals surface area contributed by atoms with Gasteiger partial charge in [0.15, 0.2) is 0 Å². The van der Waals surface area contributed by atoms with Gasteiger partial charge in [-0.1, -0.05) is 60.2 Å². The Hall–Kier alpha value is -5.94. The Balaban J connectivity index is 1.22. The van der Waals surface area contributed by atoms with Crippen molar-refractivity contribution in [1.82, 2.24) is 18.9 Å². The molecule has 0 atom stereocenters. The maximum atomic E-state index is 6.61. The van der Waals surface area contributed by atoms with E-state index in [2.05, 4.69) is 132 Å². The van der Waals surface area contributed by atoms with Gasteiger partial charge in [0.1, 0.15) is 23.0 Å². The first-order valence-electron chi connectivity index (χ1n) is 15.6. The van der Waals surface area contributed by atoms with Crippen LogP contribution in [0, 0.1) is 20.8 Å². The van der Waals surface area contributed by atoms with Gasteiger partial charge >= 0.3 is 0 Å². The molecule has 0 fully saturated rings. The van der Waals surface area contributed by atoms with Crippen LogP contribution < -0.4 is 4.74 Å². The molecule has 5 heteroatoms. The fourth-order valence-corrected chi connectivity index (χ4v) is 7.26. The molecule has 0 amide bonds.